The summed E-state index contributed by atoms with van der Waals surface area (Å²) in [5, 5.41) is 15.9. The molecule has 5 heteroatoms. The maximum absolute atomic E-state index is 12.1. The molecule has 1 unspecified atom stereocenters. The number of aromatic hydroxyl groups is 1. The quantitative estimate of drug-likeness (QED) is 0.942. The lowest BCUT2D eigenvalue weighted by molar-refractivity contribution is -0.132. The average Bonchev–Trinajstić information content (AvgIpc) is 3.16. The van der Waals surface area contributed by atoms with E-state index in [-0.39, 0.29) is 17.7 Å². The van der Waals surface area contributed by atoms with Crippen molar-refractivity contribution in [1.29, 1.82) is 0 Å². The highest BCUT2D eigenvalue weighted by Gasteiger charge is 2.34. The summed E-state index contributed by atoms with van der Waals surface area (Å²) in [6.07, 6.45) is 2.47. The minimum atomic E-state index is -0.293. The molecule has 1 aromatic heterocycles. The lowest BCUT2D eigenvalue weighted by atomic mass is 10.00. The molecule has 1 aliphatic heterocycles. The molecule has 2 heterocycles. The lowest BCUT2D eigenvalue weighted by Crippen LogP contribution is -2.26. The number of hydrazone groups is 1. The molecule has 108 valence electrons. The third-order valence-electron chi connectivity index (χ3n) is 3.57. The Morgan fingerprint density at radius 3 is 2.86 bits per heavy atom. The Bertz CT molecular complexity index is 677. The SMILES string of the molecule is CCC(=O)N1N=C(c2ccco2)CC1c1ccccc1O. The predicted octanol–water partition coefficient (Wildman–Crippen LogP) is 3.07. The standard InChI is InChI=1S/C16H16N2O3/c1-2-16(20)18-13(11-6-3-4-7-14(11)19)10-12(17-18)15-8-5-9-21-15/h3-9,13,19H,2,10H2,1H3. The molecule has 1 amide bonds. The third kappa shape index (κ3) is 2.42. The van der Waals surface area contributed by atoms with Gasteiger partial charge in [0.05, 0.1) is 12.3 Å². The zero-order chi connectivity index (χ0) is 14.8. The van der Waals surface area contributed by atoms with Crippen molar-refractivity contribution in [2.24, 2.45) is 5.10 Å². The third-order valence-corrected chi connectivity index (χ3v) is 3.57. The first-order chi connectivity index (χ1) is 10.2. The molecule has 21 heavy (non-hydrogen) atoms. The Hall–Kier alpha value is -2.56. The molecule has 0 saturated heterocycles. The Kier molecular flexibility index (Phi) is 3.48. The van der Waals surface area contributed by atoms with Crippen molar-refractivity contribution < 1.29 is 14.3 Å². The van der Waals surface area contributed by atoms with Gasteiger partial charge in [-0.05, 0) is 18.2 Å². The van der Waals surface area contributed by atoms with Crippen molar-refractivity contribution in [3.05, 3.63) is 54.0 Å². The molecule has 0 spiro atoms. The number of hydrogen-bond acceptors (Lipinski definition) is 4. The summed E-state index contributed by atoms with van der Waals surface area (Å²) in [4.78, 5) is 12.1. The number of carbonyl (C=O) groups excluding carboxylic acids is 1. The van der Waals surface area contributed by atoms with Crippen molar-refractivity contribution >= 4 is 11.6 Å². The summed E-state index contributed by atoms with van der Waals surface area (Å²) >= 11 is 0. The molecule has 1 N–H and O–H groups in total. The van der Waals surface area contributed by atoms with E-state index in [9.17, 15) is 9.90 Å². The van der Waals surface area contributed by atoms with Gasteiger partial charge in [0.1, 0.15) is 17.2 Å². The van der Waals surface area contributed by atoms with Crippen molar-refractivity contribution in [2.75, 3.05) is 0 Å². The average molecular weight is 284 g/mol. The number of hydrogen-bond donors (Lipinski definition) is 1. The van der Waals surface area contributed by atoms with E-state index in [4.69, 9.17) is 4.42 Å². The van der Waals surface area contributed by atoms with Crippen LogP contribution < -0.4 is 0 Å². The summed E-state index contributed by atoms with van der Waals surface area (Å²) in [6, 6.07) is 10.4. The lowest BCUT2D eigenvalue weighted by Gasteiger charge is -2.22. The zero-order valence-corrected chi connectivity index (χ0v) is 11.7. The Morgan fingerprint density at radius 2 is 2.19 bits per heavy atom. The van der Waals surface area contributed by atoms with Crippen molar-refractivity contribution in [3.63, 3.8) is 0 Å². The first kappa shape index (κ1) is 13.4. The van der Waals surface area contributed by atoms with Gasteiger partial charge in [-0.1, -0.05) is 25.1 Å². The van der Waals surface area contributed by atoms with Gasteiger partial charge >= 0.3 is 0 Å². The van der Waals surface area contributed by atoms with Gasteiger partial charge in [-0.3, -0.25) is 4.79 Å². The fraction of sp³-hybridized carbons (Fsp3) is 0.250. The van der Waals surface area contributed by atoms with Crippen molar-refractivity contribution in [2.45, 2.75) is 25.8 Å². The molecule has 3 rings (SSSR count). The zero-order valence-electron chi connectivity index (χ0n) is 11.7. The largest absolute Gasteiger partial charge is 0.508 e. The van der Waals surface area contributed by atoms with Crippen LogP contribution in [0.2, 0.25) is 0 Å². The van der Waals surface area contributed by atoms with Crippen LogP contribution in [0.25, 0.3) is 0 Å². The van der Waals surface area contributed by atoms with Gasteiger partial charge in [0, 0.05) is 18.4 Å². The van der Waals surface area contributed by atoms with Crippen LogP contribution in [0.5, 0.6) is 5.75 Å². The molecule has 0 aliphatic carbocycles. The van der Waals surface area contributed by atoms with Gasteiger partial charge in [-0.25, -0.2) is 5.01 Å². The normalized spacial score (nSPS) is 17.9. The van der Waals surface area contributed by atoms with Crippen LogP contribution in [0.4, 0.5) is 0 Å². The Balaban J connectivity index is 1.98. The second-order valence-electron chi connectivity index (χ2n) is 4.89. The van der Waals surface area contributed by atoms with E-state index in [1.54, 1.807) is 31.4 Å². The van der Waals surface area contributed by atoms with Crippen LogP contribution >= 0.6 is 0 Å². The summed E-state index contributed by atoms with van der Waals surface area (Å²) in [5.41, 5.74) is 1.42. The summed E-state index contributed by atoms with van der Waals surface area (Å²) in [6.45, 7) is 1.80. The van der Waals surface area contributed by atoms with Crippen molar-refractivity contribution in [1.82, 2.24) is 5.01 Å². The number of para-hydroxylation sites is 1. The smallest absolute Gasteiger partial charge is 0.242 e. The molecule has 0 fully saturated rings. The topological polar surface area (TPSA) is 66.0 Å². The highest BCUT2D eigenvalue weighted by atomic mass is 16.3. The minimum Gasteiger partial charge on any atom is -0.508 e. The molecular weight excluding hydrogens is 268 g/mol. The van der Waals surface area contributed by atoms with Gasteiger partial charge in [-0.2, -0.15) is 5.10 Å². The molecule has 0 saturated carbocycles. The fourth-order valence-corrected chi connectivity index (χ4v) is 2.51. The first-order valence-corrected chi connectivity index (χ1v) is 6.92. The maximum Gasteiger partial charge on any atom is 0.242 e. The number of phenols is 1. The van der Waals surface area contributed by atoms with E-state index < -0.39 is 0 Å². The van der Waals surface area contributed by atoms with Crippen LogP contribution in [0.1, 0.15) is 37.1 Å². The first-order valence-electron chi connectivity index (χ1n) is 6.92. The number of amides is 1. The number of benzene rings is 1. The van der Waals surface area contributed by atoms with Gasteiger partial charge in [-0.15, -0.1) is 0 Å². The molecule has 1 aliphatic rings. The number of phenolic OH excluding ortho intramolecular Hbond substituents is 1. The van der Waals surface area contributed by atoms with E-state index >= 15 is 0 Å². The van der Waals surface area contributed by atoms with E-state index in [1.807, 2.05) is 18.2 Å². The molecule has 1 aromatic carbocycles. The molecule has 5 nitrogen and oxygen atoms in total. The van der Waals surface area contributed by atoms with Gasteiger partial charge < -0.3 is 9.52 Å². The summed E-state index contributed by atoms with van der Waals surface area (Å²) in [7, 11) is 0. The van der Waals surface area contributed by atoms with Crippen LogP contribution in [-0.2, 0) is 4.79 Å². The van der Waals surface area contributed by atoms with Crippen LogP contribution in [0.3, 0.4) is 0 Å². The van der Waals surface area contributed by atoms with Crippen molar-refractivity contribution in [3.8, 4) is 5.75 Å². The maximum atomic E-state index is 12.1. The second-order valence-corrected chi connectivity index (χ2v) is 4.89. The highest BCUT2D eigenvalue weighted by Crippen LogP contribution is 2.37. The van der Waals surface area contributed by atoms with Gasteiger partial charge in [0.25, 0.3) is 0 Å². The van der Waals surface area contributed by atoms with Crippen LogP contribution in [0, 0.1) is 0 Å². The molecule has 0 bridgehead atoms. The van der Waals surface area contributed by atoms with E-state index in [0.29, 0.717) is 24.2 Å². The fourth-order valence-electron chi connectivity index (χ4n) is 2.51. The van der Waals surface area contributed by atoms with Gasteiger partial charge in [0.2, 0.25) is 5.91 Å². The van der Waals surface area contributed by atoms with E-state index in [1.165, 1.54) is 5.01 Å². The molecule has 2 aromatic rings. The summed E-state index contributed by atoms with van der Waals surface area (Å²) < 4.78 is 5.36. The Morgan fingerprint density at radius 1 is 1.38 bits per heavy atom. The molecular formula is C16H16N2O3. The molecule has 0 radical (unpaired) electrons. The Labute approximate surface area is 122 Å². The highest BCUT2D eigenvalue weighted by molar-refractivity contribution is 6.01. The minimum absolute atomic E-state index is 0.0789. The predicted molar refractivity (Wildman–Crippen MR) is 77.8 cm³/mol. The van der Waals surface area contributed by atoms with E-state index in [0.717, 1.165) is 5.71 Å². The summed E-state index contributed by atoms with van der Waals surface area (Å²) in [5.74, 6) is 0.749. The van der Waals surface area contributed by atoms with Crippen LogP contribution in [0.15, 0.2) is 52.2 Å². The monoisotopic (exact) mass is 284 g/mol. The van der Waals surface area contributed by atoms with E-state index in [2.05, 4.69) is 5.10 Å². The van der Waals surface area contributed by atoms with Gasteiger partial charge in [0.15, 0.2) is 0 Å². The number of rotatable bonds is 3. The number of nitrogens with zero attached hydrogens (tertiary/aromatic N) is 2. The number of carbonyl (C=O) groups is 1. The second kappa shape index (κ2) is 5.44. The van der Waals surface area contributed by atoms with Crippen LogP contribution in [-0.4, -0.2) is 21.7 Å². The number of furan rings is 1. The molecule has 1 atom stereocenters.